The highest BCUT2D eigenvalue weighted by Crippen LogP contribution is 2.32. The summed E-state index contributed by atoms with van der Waals surface area (Å²) in [6.45, 7) is 0.0141. The molecule has 0 unspecified atom stereocenters. The van der Waals surface area contributed by atoms with Crippen molar-refractivity contribution in [2.24, 2.45) is 5.84 Å². The van der Waals surface area contributed by atoms with Gasteiger partial charge in [-0.3, -0.25) is 20.3 Å². The van der Waals surface area contributed by atoms with Gasteiger partial charge in [0.2, 0.25) is 5.91 Å². The predicted molar refractivity (Wildman–Crippen MR) is 125 cm³/mol. The van der Waals surface area contributed by atoms with E-state index in [0.29, 0.717) is 15.7 Å². The van der Waals surface area contributed by atoms with E-state index < -0.39 is 0 Å². The molecule has 0 aromatic heterocycles. The van der Waals surface area contributed by atoms with Crippen LogP contribution in [0.2, 0.25) is 0 Å². The van der Waals surface area contributed by atoms with E-state index in [1.807, 2.05) is 66.7 Å². The monoisotopic (exact) mass is 530 g/mol. The molecule has 0 aliphatic carbocycles. The minimum atomic E-state index is -0.351. The summed E-state index contributed by atoms with van der Waals surface area (Å²) in [6, 6.07) is 22.1. The zero-order valence-corrected chi connectivity index (χ0v) is 19.0. The standard InChI is InChI=1S/C22H20Br2N4O2/c23-15-10-11-19(27-22(30)16-8-4-5-9-18(16)24)17(12-15)21(26-13-20(29)28-25)14-6-2-1-3-7-14/h1-12,21,26H,13,25H2,(H,27,30)(H,28,29)/t21-/m1/s1. The van der Waals surface area contributed by atoms with Crippen molar-refractivity contribution < 1.29 is 9.59 Å². The zero-order chi connectivity index (χ0) is 21.5. The van der Waals surface area contributed by atoms with Crippen LogP contribution in [0.25, 0.3) is 0 Å². The van der Waals surface area contributed by atoms with E-state index >= 15 is 0 Å². The number of hydrogen-bond donors (Lipinski definition) is 4. The molecule has 2 amide bonds. The molecular formula is C22H20Br2N4O2. The molecule has 6 nitrogen and oxygen atoms in total. The van der Waals surface area contributed by atoms with Gasteiger partial charge in [-0.2, -0.15) is 0 Å². The maximum atomic E-state index is 12.9. The first-order valence-corrected chi connectivity index (χ1v) is 10.7. The van der Waals surface area contributed by atoms with Crippen LogP contribution in [0, 0.1) is 0 Å². The first-order valence-electron chi connectivity index (χ1n) is 9.12. The molecular weight excluding hydrogens is 512 g/mol. The number of carbonyl (C=O) groups is 2. The average Bonchev–Trinajstić information content (AvgIpc) is 2.76. The number of hydrazine groups is 1. The van der Waals surface area contributed by atoms with Gasteiger partial charge in [-0.15, -0.1) is 0 Å². The number of nitrogens with one attached hydrogen (secondary N) is 3. The average molecular weight is 532 g/mol. The highest BCUT2D eigenvalue weighted by molar-refractivity contribution is 9.10. The maximum Gasteiger partial charge on any atom is 0.256 e. The summed E-state index contributed by atoms with van der Waals surface area (Å²) in [4.78, 5) is 24.6. The van der Waals surface area contributed by atoms with Crippen LogP contribution in [0.3, 0.4) is 0 Å². The Morgan fingerprint density at radius 3 is 2.33 bits per heavy atom. The summed E-state index contributed by atoms with van der Waals surface area (Å²) in [5, 5.41) is 6.21. The van der Waals surface area contributed by atoms with E-state index in [4.69, 9.17) is 5.84 Å². The van der Waals surface area contributed by atoms with Crippen LogP contribution in [0.4, 0.5) is 5.69 Å². The topological polar surface area (TPSA) is 96.2 Å². The van der Waals surface area contributed by atoms with Gasteiger partial charge in [0.15, 0.2) is 0 Å². The molecule has 1 atom stereocenters. The summed E-state index contributed by atoms with van der Waals surface area (Å²) in [5.74, 6) is 4.64. The molecule has 0 fully saturated rings. The van der Waals surface area contributed by atoms with Crippen molar-refractivity contribution in [3.63, 3.8) is 0 Å². The predicted octanol–water partition coefficient (Wildman–Crippen LogP) is 4.13. The Hall–Kier alpha value is -2.52. The zero-order valence-electron chi connectivity index (χ0n) is 15.9. The normalized spacial score (nSPS) is 11.6. The van der Waals surface area contributed by atoms with Crippen LogP contribution in [0.5, 0.6) is 0 Å². The van der Waals surface area contributed by atoms with Gasteiger partial charge in [-0.25, -0.2) is 5.84 Å². The van der Waals surface area contributed by atoms with Gasteiger partial charge in [0, 0.05) is 14.6 Å². The third-order valence-electron chi connectivity index (χ3n) is 4.45. The summed E-state index contributed by atoms with van der Waals surface area (Å²) in [6.07, 6.45) is 0. The molecule has 0 spiro atoms. The highest BCUT2D eigenvalue weighted by atomic mass is 79.9. The van der Waals surface area contributed by atoms with Crippen LogP contribution in [0.15, 0.2) is 81.7 Å². The Kier molecular flexibility index (Phi) is 7.75. The molecule has 0 heterocycles. The van der Waals surface area contributed by atoms with Gasteiger partial charge in [-0.05, 0) is 57.4 Å². The number of hydrogen-bond acceptors (Lipinski definition) is 4. The van der Waals surface area contributed by atoms with Crippen molar-refractivity contribution in [3.05, 3.63) is 98.4 Å². The number of benzene rings is 3. The quantitative estimate of drug-likeness (QED) is 0.209. The van der Waals surface area contributed by atoms with Crippen molar-refractivity contribution in [2.45, 2.75) is 6.04 Å². The number of carbonyl (C=O) groups excluding carboxylic acids is 2. The molecule has 0 aliphatic heterocycles. The molecule has 0 saturated carbocycles. The molecule has 0 radical (unpaired) electrons. The molecule has 3 aromatic rings. The Labute approximate surface area is 191 Å². The number of halogens is 2. The molecule has 0 saturated heterocycles. The van der Waals surface area contributed by atoms with Crippen LogP contribution in [0.1, 0.15) is 27.5 Å². The third kappa shape index (κ3) is 5.54. The van der Waals surface area contributed by atoms with Crippen molar-refractivity contribution in [1.29, 1.82) is 0 Å². The summed E-state index contributed by atoms with van der Waals surface area (Å²) >= 11 is 6.92. The number of rotatable bonds is 7. The lowest BCUT2D eigenvalue weighted by Crippen LogP contribution is -2.39. The van der Waals surface area contributed by atoms with Gasteiger partial charge in [0.1, 0.15) is 0 Å². The summed E-state index contributed by atoms with van der Waals surface area (Å²) < 4.78 is 1.56. The van der Waals surface area contributed by atoms with Gasteiger partial charge in [0.05, 0.1) is 18.2 Å². The van der Waals surface area contributed by atoms with E-state index in [1.165, 1.54) is 0 Å². The molecule has 0 bridgehead atoms. The molecule has 30 heavy (non-hydrogen) atoms. The Morgan fingerprint density at radius 1 is 0.933 bits per heavy atom. The fourth-order valence-electron chi connectivity index (χ4n) is 3.02. The second kappa shape index (κ2) is 10.5. The van der Waals surface area contributed by atoms with E-state index in [9.17, 15) is 9.59 Å². The minimum absolute atomic E-state index is 0.0141. The molecule has 3 aromatic carbocycles. The molecule has 0 aliphatic rings. The second-order valence-electron chi connectivity index (χ2n) is 6.46. The highest BCUT2D eigenvalue weighted by Gasteiger charge is 2.20. The number of amides is 2. The fourth-order valence-corrected chi connectivity index (χ4v) is 3.86. The van der Waals surface area contributed by atoms with Gasteiger partial charge in [0.25, 0.3) is 5.91 Å². The van der Waals surface area contributed by atoms with Crippen LogP contribution in [-0.4, -0.2) is 18.4 Å². The van der Waals surface area contributed by atoms with Crippen LogP contribution >= 0.6 is 31.9 Å². The lowest BCUT2D eigenvalue weighted by molar-refractivity contribution is -0.120. The fraction of sp³-hybridized carbons (Fsp3) is 0.0909. The lowest BCUT2D eigenvalue weighted by atomic mass is 9.96. The van der Waals surface area contributed by atoms with E-state index in [1.54, 1.807) is 6.07 Å². The van der Waals surface area contributed by atoms with Crippen molar-refractivity contribution in [3.8, 4) is 0 Å². The molecule has 5 N–H and O–H groups in total. The molecule has 154 valence electrons. The van der Waals surface area contributed by atoms with E-state index in [-0.39, 0.29) is 24.4 Å². The maximum absolute atomic E-state index is 12.9. The number of nitrogens with two attached hydrogens (primary N) is 1. The van der Waals surface area contributed by atoms with Crippen molar-refractivity contribution in [1.82, 2.24) is 10.7 Å². The van der Waals surface area contributed by atoms with E-state index in [0.717, 1.165) is 15.6 Å². The SMILES string of the molecule is NNC(=O)CN[C@H](c1ccccc1)c1cc(Br)ccc1NC(=O)c1ccccc1Br. The third-order valence-corrected chi connectivity index (χ3v) is 5.64. The summed E-state index contributed by atoms with van der Waals surface area (Å²) in [5.41, 5.74) is 5.03. The number of anilines is 1. The van der Waals surface area contributed by atoms with Crippen molar-refractivity contribution >= 4 is 49.4 Å². The first kappa shape index (κ1) is 22.2. The summed E-state index contributed by atoms with van der Waals surface area (Å²) in [7, 11) is 0. The van der Waals surface area contributed by atoms with Gasteiger partial charge >= 0.3 is 0 Å². The Balaban J connectivity index is 1.99. The molecule has 3 rings (SSSR count). The molecule has 8 heteroatoms. The van der Waals surface area contributed by atoms with Gasteiger partial charge in [-0.1, -0.05) is 58.4 Å². The van der Waals surface area contributed by atoms with Crippen molar-refractivity contribution in [2.75, 3.05) is 11.9 Å². The van der Waals surface area contributed by atoms with Crippen LogP contribution < -0.4 is 21.9 Å². The first-order chi connectivity index (χ1) is 14.5. The van der Waals surface area contributed by atoms with Crippen LogP contribution in [-0.2, 0) is 4.79 Å². The smallest absolute Gasteiger partial charge is 0.256 e. The van der Waals surface area contributed by atoms with Gasteiger partial charge < -0.3 is 5.32 Å². The second-order valence-corrected chi connectivity index (χ2v) is 8.23. The Morgan fingerprint density at radius 2 is 1.63 bits per heavy atom. The minimum Gasteiger partial charge on any atom is -0.322 e. The largest absolute Gasteiger partial charge is 0.322 e. The Bertz CT molecular complexity index is 1040. The lowest BCUT2D eigenvalue weighted by Gasteiger charge is -2.23. The van der Waals surface area contributed by atoms with E-state index in [2.05, 4.69) is 47.9 Å².